The summed E-state index contributed by atoms with van der Waals surface area (Å²) in [6.45, 7) is 0.418. The van der Waals surface area contributed by atoms with Gasteiger partial charge in [0.25, 0.3) is 0 Å². The summed E-state index contributed by atoms with van der Waals surface area (Å²) in [6, 6.07) is 11.4. The molecule has 32 heavy (non-hydrogen) atoms. The number of nitrogens with zero attached hydrogens (tertiary/aromatic N) is 3. The third-order valence-corrected chi connectivity index (χ3v) is 5.78. The molecule has 1 aliphatic rings. The minimum Gasteiger partial charge on any atom is -0.363 e. The monoisotopic (exact) mass is 475 g/mol. The molecule has 0 aromatic heterocycles. The molecule has 0 amide bonds. The maximum Gasteiger partial charge on any atom is 0.416 e. The van der Waals surface area contributed by atoms with Crippen LogP contribution in [0.4, 0.5) is 32.0 Å². The Kier molecular flexibility index (Phi) is 7.25. The van der Waals surface area contributed by atoms with Crippen molar-refractivity contribution in [2.75, 3.05) is 24.5 Å². The van der Waals surface area contributed by atoms with Gasteiger partial charge in [-0.05, 0) is 36.2 Å². The first-order valence-electron chi connectivity index (χ1n) is 9.88. The molecule has 1 saturated heterocycles. The lowest BCUT2D eigenvalue weighted by Crippen LogP contribution is -2.38. The first kappa shape index (κ1) is 24.2. The van der Waals surface area contributed by atoms with E-state index in [1.807, 2.05) is 6.07 Å². The number of hydrogen-bond acceptors (Lipinski definition) is 3. The van der Waals surface area contributed by atoms with E-state index in [-0.39, 0.29) is 41.8 Å². The number of alkyl halides is 6. The molecule has 1 fully saturated rings. The van der Waals surface area contributed by atoms with E-state index in [0.717, 1.165) is 6.07 Å². The fourth-order valence-electron chi connectivity index (χ4n) is 3.88. The van der Waals surface area contributed by atoms with Gasteiger partial charge in [-0.15, -0.1) is 0 Å². The van der Waals surface area contributed by atoms with Gasteiger partial charge in [0, 0.05) is 37.9 Å². The molecule has 0 unspecified atom stereocenters. The predicted octanol–water partition coefficient (Wildman–Crippen LogP) is 6.26. The highest BCUT2D eigenvalue weighted by Gasteiger charge is 2.36. The summed E-state index contributed by atoms with van der Waals surface area (Å²) < 4.78 is 78.4. The van der Waals surface area contributed by atoms with E-state index in [1.54, 1.807) is 15.9 Å². The second kappa shape index (κ2) is 9.59. The second-order valence-corrected chi connectivity index (χ2v) is 8.07. The molecule has 0 saturated carbocycles. The molecule has 1 atom stereocenters. The second-order valence-electron chi connectivity index (χ2n) is 7.67. The summed E-state index contributed by atoms with van der Waals surface area (Å²) in [5.74, 6) is 0. The lowest BCUT2D eigenvalue weighted by atomic mass is 10.0. The van der Waals surface area contributed by atoms with Gasteiger partial charge >= 0.3 is 12.4 Å². The van der Waals surface area contributed by atoms with E-state index in [9.17, 15) is 26.3 Å². The van der Waals surface area contributed by atoms with Crippen molar-refractivity contribution in [1.29, 1.82) is 5.26 Å². The smallest absolute Gasteiger partial charge is 0.363 e. The molecule has 0 bridgehead atoms. The van der Waals surface area contributed by atoms with E-state index in [0.29, 0.717) is 18.7 Å². The number of likely N-dealkylation sites (tertiary alicyclic amines) is 1. The number of nitriles is 1. The Balaban J connectivity index is 1.90. The number of anilines is 1. The van der Waals surface area contributed by atoms with Crippen LogP contribution in [0.2, 0.25) is 5.02 Å². The molecular weight excluding hydrogens is 456 g/mol. The SMILES string of the molecule is N#Cc1ccc(N(Cc2ccccc2C(F)(F)F)[C@H]2CCN(CCC(F)(F)F)C2)cc1Cl. The minimum atomic E-state index is -4.54. The Morgan fingerprint density at radius 2 is 1.81 bits per heavy atom. The van der Waals surface area contributed by atoms with Crippen LogP contribution in [-0.4, -0.2) is 36.8 Å². The molecule has 0 aliphatic carbocycles. The van der Waals surface area contributed by atoms with Crippen LogP contribution in [0.3, 0.4) is 0 Å². The zero-order valence-corrected chi connectivity index (χ0v) is 17.6. The van der Waals surface area contributed by atoms with Gasteiger partial charge < -0.3 is 9.80 Å². The molecule has 0 N–H and O–H groups in total. The van der Waals surface area contributed by atoms with Crippen LogP contribution >= 0.6 is 11.6 Å². The number of halogens is 7. The lowest BCUT2D eigenvalue weighted by molar-refractivity contribution is -0.138. The first-order valence-corrected chi connectivity index (χ1v) is 10.3. The molecule has 172 valence electrons. The lowest BCUT2D eigenvalue weighted by Gasteiger charge is -2.32. The van der Waals surface area contributed by atoms with Crippen LogP contribution in [0, 0.1) is 11.3 Å². The summed E-state index contributed by atoms with van der Waals surface area (Å²) in [5, 5.41) is 9.27. The van der Waals surface area contributed by atoms with Crippen molar-refractivity contribution in [1.82, 2.24) is 4.90 Å². The van der Waals surface area contributed by atoms with Gasteiger partial charge in [-0.1, -0.05) is 29.8 Å². The average molecular weight is 476 g/mol. The summed E-state index contributed by atoms with van der Waals surface area (Å²) in [4.78, 5) is 3.39. The van der Waals surface area contributed by atoms with Gasteiger partial charge in [-0.2, -0.15) is 31.6 Å². The Morgan fingerprint density at radius 3 is 2.44 bits per heavy atom. The normalized spacial score (nSPS) is 17.4. The highest BCUT2D eigenvalue weighted by molar-refractivity contribution is 6.32. The number of benzene rings is 2. The molecule has 1 heterocycles. The molecule has 1 aliphatic heterocycles. The third kappa shape index (κ3) is 6.08. The molecule has 3 nitrogen and oxygen atoms in total. The predicted molar refractivity (Wildman–Crippen MR) is 109 cm³/mol. The van der Waals surface area contributed by atoms with Crippen molar-refractivity contribution < 1.29 is 26.3 Å². The van der Waals surface area contributed by atoms with Gasteiger partial charge in [-0.25, -0.2) is 0 Å². The van der Waals surface area contributed by atoms with Crippen molar-refractivity contribution in [3.8, 4) is 6.07 Å². The van der Waals surface area contributed by atoms with Crippen LogP contribution in [0.1, 0.15) is 29.5 Å². The van der Waals surface area contributed by atoms with Crippen LogP contribution in [0.15, 0.2) is 42.5 Å². The standard InChI is InChI=1S/C22H20ClF6N3/c23-20-11-17(6-5-15(20)12-30)32(13-16-3-1-2-4-19(16)22(27,28)29)18-7-9-31(14-18)10-8-21(24,25)26/h1-6,11,18H,7-10,13-14H2/t18-/m0/s1. The van der Waals surface area contributed by atoms with E-state index >= 15 is 0 Å². The highest BCUT2D eigenvalue weighted by Crippen LogP contribution is 2.35. The quantitative estimate of drug-likeness (QED) is 0.462. The van der Waals surface area contributed by atoms with Crippen molar-refractivity contribution in [2.24, 2.45) is 0 Å². The molecule has 10 heteroatoms. The highest BCUT2D eigenvalue weighted by atomic mass is 35.5. The summed E-state index contributed by atoms with van der Waals surface area (Å²) in [7, 11) is 0. The van der Waals surface area contributed by atoms with E-state index < -0.39 is 24.3 Å². The molecule has 2 aromatic carbocycles. The summed E-state index contributed by atoms with van der Waals surface area (Å²) in [6.07, 6.45) is -9.27. The molecular formula is C22H20ClF6N3. The Labute approximate surface area is 186 Å². The summed E-state index contributed by atoms with van der Waals surface area (Å²) >= 11 is 6.15. The van der Waals surface area contributed by atoms with Gasteiger partial charge in [0.15, 0.2) is 0 Å². The minimum absolute atomic E-state index is 0.0502. The largest absolute Gasteiger partial charge is 0.416 e. The molecule has 2 aromatic rings. The van der Waals surface area contributed by atoms with Crippen molar-refractivity contribution >= 4 is 17.3 Å². The molecule has 3 rings (SSSR count). The topological polar surface area (TPSA) is 30.3 Å². The van der Waals surface area contributed by atoms with Crippen molar-refractivity contribution in [3.05, 3.63) is 64.2 Å². The van der Waals surface area contributed by atoms with Gasteiger partial charge in [0.1, 0.15) is 6.07 Å². The van der Waals surface area contributed by atoms with Crippen molar-refractivity contribution in [2.45, 2.75) is 37.8 Å². The van der Waals surface area contributed by atoms with E-state index in [4.69, 9.17) is 16.9 Å². The van der Waals surface area contributed by atoms with E-state index in [1.165, 1.54) is 30.3 Å². The van der Waals surface area contributed by atoms with Gasteiger partial charge in [0.05, 0.1) is 22.6 Å². The average Bonchev–Trinajstić information content (AvgIpc) is 3.18. The number of hydrogen-bond donors (Lipinski definition) is 0. The van der Waals surface area contributed by atoms with Crippen LogP contribution in [0.5, 0.6) is 0 Å². The van der Waals surface area contributed by atoms with Gasteiger partial charge in [-0.3, -0.25) is 0 Å². The Hall–Kier alpha value is -2.44. The third-order valence-electron chi connectivity index (χ3n) is 5.47. The molecule has 0 radical (unpaired) electrons. The summed E-state index contributed by atoms with van der Waals surface area (Å²) in [5.41, 5.74) is 0.0174. The fraction of sp³-hybridized carbons (Fsp3) is 0.409. The van der Waals surface area contributed by atoms with Gasteiger partial charge in [0.2, 0.25) is 0 Å². The fourth-order valence-corrected chi connectivity index (χ4v) is 4.09. The maximum atomic E-state index is 13.5. The molecule has 0 spiro atoms. The Bertz CT molecular complexity index is 983. The van der Waals surface area contributed by atoms with Crippen molar-refractivity contribution in [3.63, 3.8) is 0 Å². The first-order chi connectivity index (χ1) is 15.0. The zero-order valence-electron chi connectivity index (χ0n) is 16.8. The van der Waals surface area contributed by atoms with Crippen LogP contribution < -0.4 is 4.90 Å². The van der Waals surface area contributed by atoms with Crippen LogP contribution in [-0.2, 0) is 12.7 Å². The Morgan fingerprint density at radius 1 is 1.09 bits per heavy atom. The maximum absolute atomic E-state index is 13.5. The van der Waals surface area contributed by atoms with E-state index in [2.05, 4.69) is 0 Å². The number of rotatable bonds is 6. The zero-order chi connectivity index (χ0) is 23.5. The van der Waals surface area contributed by atoms with Crippen LogP contribution in [0.25, 0.3) is 0 Å².